The first-order valence-electron chi connectivity index (χ1n) is 6.49. The lowest BCUT2D eigenvalue weighted by atomic mass is 10.1. The van der Waals surface area contributed by atoms with Crippen LogP contribution in [0.4, 0.5) is 13.2 Å². The molecule has 0 aliphatic heterocycles. The summed E-state index contributed by atoms with van der Waals surface area (Å²) in [5.74, 6) is 1.21. The van der Waals surface area contributed by atoms with Gasteiger partial charge in [-0.2, -0.15) is 13.2 Å². The smallest absolute Gasteiger partial charge is 0.321 e. The zero-order valence-electron chi connectivity index (χ0n) is 10.6. The average molecular weight is 268 g/mol. The summed E-state index contributed by atoms with van der Waals surface area (Å²) in [6, 6.07) is 5.69. The highest BCUT2D eigenvalue weighted by atomic mass is 19.4. The number of rotatable bonds is 3. The predicted molar refractivity (Wildman–Crippen MR) is 66.9 cm³/mol. The standard InChI is InChI=1S/C14H15F3N2/c1-2-9-5-11(9)10-3-4-12-13(6-10)19(8-18-12)7-14(15,16)17/h3-4,6,8-9,11H,2,5,7H2,1H3/t9-,11-/m0/s1. The SMILES string of the molecule is CC[C@H]1C[C@@H]1c1ccc2ncn(CC(F)(F)F)c2c1. The molecule has 1 aromatic heterocycles. The molecule has 0 radical (unpaired) electrons. The van der Waals surface area contributed by atoms with E-state index in [1.165, 1.54) is 10.9 Å². The van der Waals surface area contributed by atoms with E-state index in [9.17, 15) is 13.2 Å². The van der Waals surface area contributed by atoms with E-state index in [-0.39, 0.29) is 0 Å². The third-order valence-electron chi connectivity index (χ3n) is 3.87. The number of hydrogen-bond acceptors (Lipinski definition) is 1. The third-order valence-corrected chi connectivity index (χ3v) is 3.87. The molecule has 0 N–H and O–H groups in total. The van der Waals surface area contributed by atoms with Gasteiger partial charge in [-0.3, -0.25) is 0 Å². The lowest BCUT2D eigenvalue weighted by Gasteiger charge is -2.08. The van der Waals surface area contributed by atoms with Gasteiger partial charge in [0.2, 0.25) is 0 Å². The van der Waals surface area contributed by atoms with E-state index in [0.29, 0.717) is 22.9 Å². The number of halogens is 3. The van der Waals surface area contributed by atoms with Crippen LogP contribution in [0.15, 0.2) is 24.5 Å². The fourth-order valence-electron chi connectivity index (χ4n) is 2.73. The summed E-state index contributed by atoms with van der Waals surface area (Å²) < 4.78 is 38.6. The molecule has 0 unspecified atom stereocenters. The predicted octanol–water partition coefficient (Wildman–Crippen LogP) is 4.11. The van der Waals surface area contributed by atoms with Gasteiger partial charge in [0.25, 0.3) is 0 Å². The van der Waals surface area contributed by atoms with Crippen LogP contribution in [0.5, 0.6) is 0 Å². The molecule has 3 rings (SSSR count). The van der Waals surface area contributed by atoms with Crippen molar-refractivity contribution in [1.29, 1.82) is 0 Å². The average Bonchev–Trinajstić information content (AvgIpc) is 3.04. The van der Waals surface area contributed by atoms with Gasteiger partial charge in [-0.05, 0) is 36.0 Å². The van der Waals surface area contributed by atoms with Gasteiger partial charge in [-0.1, -0.05) is 19.4 Å². The molecule has 5 heteroatoms. The number of imidazole rings is 1. The van der Waals surface area contributed by atoms with Crippen LogP contribution in [-0.4, -0.2) is 15.7 Å². The van der Waals surface area contributed by atoms with Crippen molar-refractivity contribution >= 4 is 11.0 Å². The first-order valence-corrected chi connectivity index (χ1v) is 6.49. The van der Waals surface area contributed by atoms with E-state index in [4.69, 9.17) is 0 Å². The third kappa shape index (κ3) is 2.46. The van der Waals surface area contributed by atoms with Gasteiger partial charge in [0.05, 0.1) is 17.4 Å². The normalized spacial score (nSPS) is 22.9. The summed E-state index contributed by atoms with van der Waals surface area (Å²) in [6.45, 7) is 1.17. The fraction of sp³-hybridized carbons (Fsp3) is 0.500. The van der Waals surface area contributed by atoms with Crippen LogP contribution in [-0.2, 0) is 6.54 Å². The van der Waals surface area contributed by atoms with E-state index < -0.39 is 12.7 Å². The van der Waals surface area contributed by atoms with Crippen molar-refractivity contribution in [2.45, 2.75) is 38.4 Å². The van der Waals surface area contributed by atoms with E-state index in [1.54, 1.807) is 0 Å². The van der Waals surface area contributed by atoms with Crippen LogP contribution in [0.3, 0.4) is 0 Å². The molecule has 2 nitrogen and oxygen atoms in total. The van der Waals surface area contributed by atoms with Gasteiger partial charge in [-0.15, -0.1) is 0 Å². The van der Waals surface area contributed by atoms with Crippen molar-refractivity contribution in [3.05, 3.63) is 30.1 Å². The van der Waals surface area contributed by atoms with E-state index >= 15 is 0 Å². The number of aromatic nitrogens is 2. The molecule has 1 fully saturated rings. The second-order valence-electron chi connectivity index (χ2n) is 5.25. The van der Waals surface area contributed by atoms with Crippen molar-refractivity contribution in [3.63, 3.8) is 0 Å². The number of hydrogen-bond donors (Lipinski definition) is 0. The molecule has 0 spiro atoms. The van der Waals surface area contributed by atoms with Crippen LogP contribution in [0.25, 0.3) is 11.0 Å². The highest BCUT2D eigenvalue weighted by Crippen LogP contribution is 2.49. The van der Waals surface area contributed by atoms with Gasteiger partial charge in [0.1, 0.15) is 6.54 Å². The first-order chi connectivity index (χ1) is 8.98. The Labute approximate surface area is 109 Å². The molecule has 1 aliphatic carbocycles. The van der Waals surface area contributed by atoms with Crippen LogP contribution in [0.2, 0.25) is 0 Å². The maximum Gasteiger partial charge on any atom is 0.406 e. The fourth-order valence-corrected chi connectivity index (χ4v) is 2.73. The van der Waals surface area contributed by atoms with Crippen LogP contribution in [0.1, 0.15) is 31.2 Å². The number of nitrogens with zero attached hydrogens (tertiary/aromatic N) is 2. The van der Waals surface area contributed by atoms with Gasteiger partial charge in [-0.25, -0.2) is 4.98 Å². The molecule has 1 heterocycles. The molecule has 2 aromatic rings. The zero-order chi connectivity index (χ0) is 13.6. The molecule has 0 saturated heterocycles. The van der Waals surface area contributed by atoms with Gasteiger partial charge < -0.3 is 4.57 Å². The van der Waals surface area contributed by atoms with Crippen molar-refractivity contribution in [2.75, 3.05) is 0 Å². The summed E-state index contributed by atoms with van der Waals surface area (Å²) >= 11 is 0. The largest absolute Gasteiger partial charge is 0.406 e. The van der Waals surface area contributed by atoms with E-state index in [0.717, 1.165) is 18.4 Å². The Kier molecular flexibility index (Phi) is 2.80. The number of alkyl halides is 3. The summed E-state index contributed by atoms with van der Waals surface area (Å²) in [5, 5.41) is 0. The molecular formula is C14H15F3N2. The van der Waals surface area contributed by atoms with Crippen LogP contribution >= 0.6 is 0 Å². The Hall–Kier alpha value is -1.52. The molecule has 1 saturated carbocycles. The highest BCUT2D eigenvalue weighted by Gasteiger charge is 2.36. The molecular weight excluding hydrogens is 253 g/mol. The molecule has 19 heavy (non-hydrogen) atoms. The maximum atomic E-state index is 12.5. The summed E-state index contributed by atoms with van der Waals surface area (Å²) in [5.41, 5.74) is 2.35. The first kappa shape index (κ1) is 12.5. The summed E-state index contributed by atoms with van der Waals surface area (Å²) in [7, 11) is 0. The Morgan fingerprint density at radius 3 is 2.79 bits per heavy atom. The monoisotopic (exact) mass is 268 g/mol. The lowest BCUT2D eigenvalue weighted by molar-refractivity contribution is -0.139. The Balaban J connectivity index is 1.94. The summed E-state index contributed by atoms with van der Waals surface area (Å²) in [4.78, 5) is 4.03. The Morgan fingerprint density at radius 1 is 1.37 bits per heavy atom. The molecule has 0 amide bonds. The quantitative estimate of drug-likeness (QED) is 0.819. The number of fused-ring (bicyclic) bond motifs is 1. The van der Waals surface area contributed by atoms with Crippen molar-refractivity contribution in [1.82, 2.24) is 9.55 Å². The van der Waals surface area contributed by atoms with Crippen molar-refractivity contribution < 1.29 is 13.2 Å². The molecule has 102 valence electrons. The topological polar surface area (TPSA) is 17.8 Å². The Morgan fingerprint density at radius 2 is 2.16 bits per heavy atom. The molecule has 1 aliphatic rings. The van der Waals surface area contributed by atoms with E-state index in [2.05, 4.69) is 11.9 Å². The molecule has 0 bridgehead atoms. The highest BCUT2D eigenvalue weighted by molar-refractivity contribution is 5.76. The minimum Gasteiger partial charge on any atom is -0.321 e. The van der Waals surface area contributed by atoms with Crippen LogP contribution in [0, 0.1) is 5.92 Å². The van der Waals surface area contributed by atoms with Crippen molar-refractivity contribution in [2.24, 2.45) is 5.92 Å². The zero-order valence-corrected chi connectivity index (χ0v) is 10.6. The number of benzene rings is 1. The molecule has 2 atom stereocenters. The second kappa shape index (κ2) is 4.25. The van der Waals surface area contributed by atoms with E-state index in [1.807, 2.05) is 18.2 Å². The van der Waals surface area contributed by atoms with Gasteiger partial charge in [0, 0.05) is 0 Å². The summed E-state index contributed by atoms with van der Waals surface area (Å²) in [6.07, 6.45) is -0.665. The second-order valence-corrected chi connectivity index (χ2v) is 5.25. The van der Waals surface area contributed by atoms with Crippen LogP contribution < -0.4 is 0 Å². The maximum absolute atomic E-state index is 12.5. The minimum absolute atomic E-state index is 0.517. The Bertz CT molecular complexity index is 600. The lowest BCUT2D eigenvalue weighted by Crippen LogP contribution is -2.16. The molecule has 1 aromatic carbocycles. The van der Waals surface area contributed by atoms with Gasteiger partial charge in [0.15, 0.2) is 0 Å². The minimum atomic E-state index is -4.21. The van der Waals surface area contributed by atoms with Gasteiger partial charge >= 0.3 is 6.18 Å². The van der Waals surface area contributed by atoms with Crippen molar-refractivity contribution in [3.8, 4) is 0 Å².